The lowest BCUT2D eigenvalue weighted by Gasteiger charge is -2.58. The van der Waals surface area contributed by atoms with Gasteiger partial charge >= 0.3 is 0 Å². The average molecular weight is 388 g/mol. The maximum Gasteiger partial charge on any atom is 0.157 e. The Morgan fingerprint density at radius 3 is 2.54 bits per heavy atom. The van der Waals surface area contributed by atoms with Crippen LogP contribution in [0.3, 0.4) is 0 Å². The molecule has 3 fully saturated rings. The SMILES string of the molecule is CC(C)CCC[C@@H](C)[C@H]1CCC2[C@@H]3CC=C4C[C@@H]([OH2+])CC[C@]4(C)[C@H]3CC[C@@]21C. The molecule has 28 heavy (non-hydrogen) atoms. The largest absolute Gasteiger partial charge is 0.443 e. The third kappa shape index (κ3) is 3.42. The monoisotopic (exact) mass is 387 g/mol. The van der Waals surface area contributed by atoms with Crippen LogP contribution in [0.15, 0.2) is 11.6 Å². The molecule has 0 aromatic heterocycles. The first-order valence-corrected chi connectivity index (χ1v) is 12.7. The van der Waals surface area contributed by atoms with Crippen molar-refractivity contribution in [3.05, 3.63) is 11.6 Å². The number of hydrogen-bond donors (Lipinski definition) is 0. The van der Waals surface area contributed by atoms with Crippen LogP contribution in [0, 0.1) is 46.3 Å². The molecule has 4 aliphatic rings. The number of allylic oxidation sites excluding steroid dienone is 1. The molecule has 0 saturated heterocycles. The second-order valence-corrected chi connectivity index (χ2v) is 12.2. The molecule has 0 spiro atoms. The zero-order valence-corrected chi connectivity index (χ0v) is 19.4. The molecule has 0 bridgehead atoms. The van der Waals surface area contributed by atoms with Crippen molar-refractivity contribution in [3.8, 4) is 0 Å². The molecule has 0 amide bonds. The van der Waals surface area contributed by atoms with Crippen molar-refractivity contribution in [2.75, 3.05) is 0 Å². The fraction of sp³-hybridized carbons (Fsp3) is 0.926. The summed E-state index contributed by atoms with van der Waals surface area (Å²) >= 11 is 0. The van der Waals surface area contributed by atoms with Gasteiger partial charge in [0.15, 0.2) is 6.10 Å². The molecule has 2 N–H and O–H groups in total. The zero-order valence-electron chi connectivity index (χ0n) is 19.4. The second kappa shape index (κ2) is 7.75. The first-order valence-electron chi connectivity index (χ1n) is 12.7. The Balaban J connectivity index is 1.49. The van der Waals surface area contributed by atoms with Crippen LogP contribution in [0.25, 0.3) is 0 Å². The minimum absolute atomic E-state index is 0.173. The van der Waals surface area contributed by atoms with Gasteiger partial charge in [0.05, 0.1) is 0 Å². The third-order valence-corrected chi connectivity index (χ3v) is 10.3. The van der Waals surface area contributed by atoms with Crippen molar-refractivity contribution in [2.45, 2.75) is 111 Å². The molecule has 1 unspecified atom stereocenters. The van der Waals surface area contributed by atoms with Gasteiger partial charge in [-0.05, 0) is 84.9 Å². The summed E-state index contributed by atoms with van der Waals surface area (Å²) in [4.78, 5) is 0. The summed E-state index contributed by atoms with van der Waals surface area (Å²) in [6.45, 7) is 12.6. The van der Waals surface area contributed by atoms with Gasteiger partial charge in [-0.15, -0.1) is 0 Å². The topological polar surface area (TPSA) is 22.9 Å². The van der Waals surface area contributed by atoms with E-state index in [0.717, 1.165) is 48.3 Å². The van der Waals surface area contributed by atoms with E-state index >= 15 is 0 Å². The molecule has 0 aromatic carbocycles. The molecule has 0 aliphatic heterocycles. The van der Waals surface area contributed by atoms with Crippen LogP contribution in [0.4, 0.5) is 0 Å². The molecule has 1 heteroatoms. The maximum absolute atomic E-state index is 8.28. The van der Waals surface area contributed by atoms with E-state index < -0.39 is 0 Å². The standard InChI is InChI=1S/C27H46O/c1-18(2)7-6-8-19(3)23-11-12-24-22-10-9-20-17-21(28)13-15-26(20,4)25(22)14-16-27(23,24)5/h9,18-19,21-25,28H,6-8,10-17H2,1-5H3/p+1/t19-,21+,22+,23-,24?,25+,26+,27-/m1/s1. The van der Waals surface area contributed by atoms with Crippen LogP contribution in [-0.4, -0.2) is 11.2 Å². The van der Waals surface area contributed by atoms with Gasteiger partial charge in [0.25, 0.3) is 0 Å². The zero-order chi connectivity index (χ0) is 20.1. The maximum atomic E-state index is 8.28. The summed E-state index contributed by atoms with van der Waals surface area (Å²) in [6.07, 6.45) is 17.8. The Morgan fingerprint density at radius 1 is 1.00 bits per heavy atom. The predicted octanol–water partition coefficient (Wildman–Crippen LogP) is 7.12. The molecular weight excluding hydrogens is 340 g/mol. The van der Waals surface area contributed by atoms with Crippen molar-refractivity contribution in [3.63, 3.8) is 0 Å². The molecule has 4 rings (SSSR count). The van der Waals surface area contributed by atoms with E-state index in [1.807, 2.05) is 0 Å². The van der Waals surface area contributed by atoms with E-state index in [9.17, 15) is 0 Å². The Hall–Kier alpha value is -0.300. The quantitative estimate of drug-likeness (QED) is 0.354. The Labute approximate surface area is 174 Å². The Kier molecular flexibility index (Phi) is 5.80. The minimum atomic E-state index is 0.173. The van der Waals surface area contributed by atoms with Crippen LogP contribution >= 0.6 is 0 Å². The van der Waals surface area contributed by atoms with Crippen LogP contribution in [0.1, 0.15) is 105 Å². The number of rotatable bonds is 5. The number of fused-ring (bicyclic) bond motifs is 5. The Bertz CT molecular complexity index is 591. The van der Waals surface area contributed by atoms with Crippen LogP contribution in [0.2, 0.25) is 0 Å². The highest BCUT2D eigenvalue weighted by molar-refractivity contribution is 5.25. The molecule has 8 atom stereocenters. The van der Waals surface area contributed by atoms with Crippen molar-refractivity contribution < 1.29 is 5.11 Å². The van der Waals surface area contributed by atoms with Gasteiger partial charge in [0.2, 0.25) is 0 Å². The molecular formula is C27H47O+. The van der Waals surface area contributed by atoms with Gasteiger partial charge in [-0.1, -0.05) is 65.5 Å². The molecule has 0 heterocycles. The fourth-order valence-electron chi connectivity index (χ4n) is 8.69. The highest BCUT2D eigenvalue weighted by Crippen LogP contribution is 2.67. The van der Waals surface area contributed by atoms with Gasteiger partial charge in [-0.2, -0.15) is 0 Å². The summed E-state index contributed by atoms with van der Waals surface area (Å²) in [5, 5.41) is 8.28. The average Bonchev–Trinajstić information content (AvgIpc) is 2.99. The summed E-state index contributed by atoms with van der Waals surface area (Å²) < 4.78 is 0. The lowest BCUT2D eigenvalue weighted by Crippen LogP contribution is -2.50. The lowest BCUT2D eigenvalue weighted by molar-refractivity contribution is -0.0573. The Morgan fingerprint density at radius 2 is 1.79 bits per heavy atom. The molecule has 3 saturated carbocycles. The second-order valence-electron chi connectivity index (χ2n) is 12.2. The van der Waals surface area contributed by atoms with Crippen LogP contribution in [-0.2, 0) is 0 Å². The third-order valence-electron chi connectivity index (χ3n) is 10.3. The van der Waals surface area contributed by atoms with Gasteiger partial charge < -0.3 is 5.11 Å². The minimum Gasteiger partial charge on any atom is -0.443 e. The molecule has 0 radical (unpaired) electrons. The normalized spacial score (nSPS) is 46.5. The van der Waals surface area contributed by atoms with Gasteiger partial charge in [0.1, 0.15) is 0 Å². The van der Waals surface area contributed by atoms with E-state index in [2.05, 4.69) is 40.7 Å². The smallest absolute Gasteiger partial charge is 0.157 e. The van der Waals surface area contributed by atoms with E-state index in [1.54, 1.807) is 5.57 Å². The van der Waals surface area contributed by atoms with Crippen LogP contribution < -0.4 is 0 Å². The molecule has 160 valence electrons. The van der Waals surface area contributed by atoms with Crippen LogP contribution in [0.5, 0.6) is 0 Å². The fourth-order valence-corrected chi connectivity index (χ4v) is 8.69. The summed E-state index contributed by atoms with van der Waals surface area (Å²) in [6, 6.07) is 0. The summed E-state index contributed by atoms with van der Waals surface area (Å²) in [7, 11) is 0. The van der Waals surface area contributed by atoms with Crippen molar-refractivity contribution in [1.29, 1.82) is 0 Å². The van der Waals surface area contributed by atoms with Gasteiger partial charge in [-0.25, -0.2) is 0 Å². The number of hydrogen-bond acceptors (Lipinski definition) is 0. The van der Waals surface area contributed by atoms with Crippen molar-refractivity contribution in [1.82, 2.24) is 0 Å². The first-order chi connectivity index (χ1) is 13.3. The first kappa shape index (κ1) is 21.0. The van der Waals surface area contributed by atoms with Gasteiger partial charge in [0, 0.05) is 12.8 Å². The van der Waals surface area contributed by atoms with Crippen molar-refractivity contribution in [2.24, 2.45) is 46.3 Å². The summed E-state index contributed by atoms with van der Waals surface area (Å²) in [5.41, 5.74) is 2.72. The van der Waals surface area contributed by atoms with Gasteiger partial charge in [-0.3, -0.25) is 0 Å². The summed E-state index contributed by atoms with van der Waals surface area (Å²) in [5.74, 6) is 5.54. The molecule has 1 nitrogen and oxygen atoms in total. The highest BCUT2D eigenvalue weighted by atomic mass is 16.3. The lowest BCUT2D eigenvalue weighted by atomic mass is 9.47. The van der Waals surface area contributed by atoms with E-state index in [4.69, 9.17) is 5.11 Å². The van der Waals surface area contributed by atoms with E-state index in [-0.39, 0.29) is 6.10 Å². The molecule has 0 aromatic rings. The highest BCUT2D eigenvalue weighted by Gasteiger charge is 2.59. The van der Waals surface area contributed by atoms with E-state index in [1.165, 1.54) is 57.8 Å². The molecule has 4 aliphatic carbocycles. The predicted molar refractivity (Wildman–Crippen MR) is 120 cm³/mol. The van der Waals surface area contributed by atoms with Crippen molar-refractivity contribution >= 4 is 0 Å². The van der Waals surface area contributed by atoms with E-state index in [0.29, 0.717) is 10.8 Å².